The highest BCUT2D eigenvalue weighted by Gasteiger charge is 2.17. The van der Waals surface area contributed by atoms with Crippen LogP contribution in [0.15, 0.2) is 53.3 Å². The molecule has 0 atom stereocenters. The van der Waals surface area contributed by atoms with Gasteiger partial charge in [-0.1, -0.05) is 30.3 Å². The molecule has 4 aromatic rings. The number of ether oxygens (including phenoxy) is 1. The normalized spacial score (nSPS) is 14.6. The molecule has 1 fully saturated rings. The number of hydrogen-bond acceptors (Lipinski definition) is 7. The third-order valence-corrected chi connectivity index (χ3v) is 6.83. The minimum atomic E-state index is -0.275. The zero-order valence-corrected chi connectivity index (χ0v) is 21.1. The second-order valence-electron chi connectivity index (χ2n) is 9.56. The Morgan fingerprint density at radius 2 is 1.92 bits per heavy atom. The predicted octanol–water partition coefficient (Wildman–Crippen LogP) is 2.73. The molecule has 2 aromatic carbocycles. The molecule has 0 bridgehead atoms. The number of nitrogens with one attached hydrogen (secondary N) is 1. The van der Waals surface area contributed by atoms with Crippen molar-refractivity contribution in [3.63, 3.8) is 0 Å². The first-order valence-corrected chi connectivity index (χ1v) is 12.7. The van der Waals surface area contributed by atoms with Crippen molar-refractivity contribution in [1.82, 2.24) is 35.0 Å². The number of para-hydroxylation sites is 1. The number of halogens is 1. The molecule has 0 unspecified atom stereocenters. The first kappa shape index (κ1) is 25.2. The maximum atomic E-state index is 13.3. The Morgan fingerprint density at radius 1 is 1.11 bits per heavy atom. The SMILES string of the molecule is Cc1cccc2cc(CN(CCCN3CCOCC3)Cc3nnnn3Cc3ccc(F)cc3)c(=O)[nH]c12. The largest absolute Gasteiger partial charge is 0.379 e. The van der Waals surface area contributed by atoms with Crippen LogP contribution in [-0.4, -0.2) is 74.4 Å². The molecule has 0 spiro atoms. The highest BCUT2D eigenvalue weighted by atomic mass is 19.1. The monoisotopic (exact) mass is 505 g/mol. The summed E-state index contributed by atoms with van der Waals surface area (Å²) in [5, 5.41) is 13.3. The van der Waals surface area contributed by atoms with Crippen LogP contribution in [0.2, 0.25) is 0 Å². The minimum absolute atomic E-state index is 0.0779. The van der Waals surface area contributed by atoms with Gasteiger partial charge in [0, 0.05) is 31.7 Å². The van der Waals surface area contributed by atoms with Gasteiger partial charge in [-0.05, 0) is 65.0 Å². The summed E-state index contributed by atoms with van der Waals surface area (Å²) >= 11 is 0. The lowest BCUT2D eigenvalue weighted by molar-refractivity contribution is 0.0358. The van der Waals surface area contributed by atoms with Crippen LogP contribution >= 0.6 is 0 Å². The number of hydrogen-bond donors (Lipinski definition) is 1. The average molecular weight is 506 g/mol. The standard InChI is InChI=1S/C27H32FN7O2/c1-20-4-2-5-22-16-23(27(36)29-26(20)22)18-34(11-3-10-33-12-14-37-15-13-33)19-25-30-31-32-35(25)17-21-6-8-24(28)9-7-21/h2,4-9,16H,3,10-15,17-19H2,1H3,(H,29,36). The molecule has 5 rings (SSSR count). The Morgan fingerprint density at radius 3 is 2.73 bits per heavy atom. The number of fused-ring (bicyclic) bond motifs is 1. The van der Waals surface area contributed by atoms with Gasteiger partial charge in [0.05, 0.1) is 31.8 Å². The summed E-state index contributed by atoms with van der Waals surface area (Å²) in [4.78, 5) is 20.7. The van der Waals surface area contributed by atoms with Gasteiger partial charge in [-0.2, -0.15) is 0 Å². The van der Waals surface area contributed by atoms with Crippen LogP contribution in [0.3, 0.4) is 0 Å². The van der Waals surface area contributed by atoms with Gasteiger partial charge in [0.1, 0.15) is 5.82 Å². The highest BCUT2D eigenvalue weighted by molar-refractivity contribution is 5.81. The fraction of sp³-hybridized carbons (Fsp3) is 0.407. The molecule has 1 saturated heterocycles. The summed E-state index contributed by atoms with van der Waals surface area (Å²) in [6.45, 7) is 8.59. The molecular weight excluding hydrogens is 473 g/mol. The smallest absolute Gasteiger partial charge is 0.252 e. The van der Waals surface area contributed by atoms with Gasteiger partial charge in [0.15, 0.2) is 5.82 Å². The topological polar surface area (TPSA) is 92.2 Å². The van der Waals surface area contributed by atoms with Crippen LogP contribution in [0.1, 0.15) is 28.9 Å². The Kier molecular flexibility index (Phi) is 7.98. The molecule has 1 aliphatic heterocycles. The van der Waals surface area contributed by atoms with E-state index in [1.165, 1.54) is 12.1 Å². The Hall–Kier alpha value is -3.47. The number of tetrazole rings is 1. The highest BCUT2D eigenvalue weighted by Crippen LogP contribution is 2.17. The van der Waals surface area contributed by atoms with Gasteiger partial charge in [0.2, 0.25) is 0 Å². The van der Waals surface area contributed by atoms with Crippen molar-refractivity contribution in [2.75, 3.05) is 39.4 Å². The van der Waals surface area contributed by atoms with Crippen LogP contribution in [-0.2, 0) is 24.4 Å². The van der Waals surface area contributed by atoms with E-state index in [0.717, 1.165) is 67.8 Å². The number of aryl methyl sites for hydroxylation is 1. The van der Waals surface area contributed by atoms with Crippen molar-refractivity contribution < 1.29 is 9.13 Å². The van der Waals surface area contributed by atoms with E-state index in [-0.39, 0.29) is 11.4 Å². The minimum Gasteiger partial charge on any atom is -0.379 e. The Labute approximate surface area is 214 Å². The van der Waals surface area contributed by atoms with Gasteiger partial charge in [-0.3, -0.25) is 14.6 Å². The molecule has 0 radical (unpaired) electrons. The third-order valence-electron chi connectivity index (χ3n) is 6.83. The lowest BCUT2D eigenvalue weighted by Gasteiger charge is -2.28. The fourth-order valence-corrected chi connectivity index (χ4v) is 4.77. The van der Waals surface area contributed by atoms with E-state index in [1.807, 2.05) is 31.2 Å². The molecule has 194 valence electrons. The van der Waals surface area contributed by atoms with E-state index >= 15 is 0 Å². The van der Waals surface area contributed by atoms with E-state index in [0.29, 0.717) is 31.0 Å². The van der Waals surface area contributed by atoms with E-state index in [1.54, 1.807) is 16.8 Å². The van der Waals surface area contributed by atoms with Crippen molar-refractivity contribution in [3.05, 3.63) is 87.2 Å². The van der Waals surface area contributed by atoms with Gasteiger partial charge in [-0.25, -0.2) is 9.07 Å². The number of rotatable bonds is 10. The Balaban J connectivity index is 1.34. The zero-order valence-electron chi connectivity index (χ0n) is 21.1. The van der Waals surface area contributed by atoms with Gasteiger partial charge in [-0.15, -0.1) is 5.10 Å². The number of morpholine rings is 1. The first-order valence-electron chi connectivity index (χ1n) is 12.7. The number of nitrogens with zero attached hydrogens (tertiary/aromatic N) is 6. The second kappa shape index (κ2) is 11.7. The quantitative estimate of drug-likeness (QED) is 0.354. The number of benzene rings is 2. The molecule has 2 aromatic heterocycles. The molecule has 3 heterocycles. The summed E-state index contributed by atoms with van der Waals surface area (Å²) in [5.74, 6) is 0.423. The van der Waals surface area contributed by atoms with Crippen LogP contribution < -0.4 is 5.56 Å². The molecule has 9 nitrogen and oxygen atoms in total. The molecule has 10 heteroatoms. The van der Waals surface area contributed by atoms with Crippen molar-refractivity contribution in [2.24, 2.45) is 0 Å². The fourth-order valence-electron chi connectivity index (χ4n) is 4.77. The zero-order chi connectivity index (χ0) is 25.6. The summed E-state index contributed by atoms with van der Waals surface area (Å²) in [6, 6.07) is 14.3. The van der Waals surface area contributed by atoms with Crippen molar-refractivity contribution in [1.29, 1.82) is 0 Å². The summed E-state index contributed by atoms with van der Waals surface area (Å²) in [6.07, 6.45) is 0.949. The molecule has 37 heavy (non-hydrogen) atoms. The lowest BCUT2D eigenvalue weighted by atomic mass is 10.1. The van der Waals surface area contributed by atoms with Crippen LogP contribution in [0.5, 0.6) is 0 Å². The molecule has 0 saturated carbocycles. The molecule has 0 aliphatic carbocycles. The molecular formula is C27H32FN7O2. The number of H-pyrrole nitrogens is 1. The van der Waals surface area contributed by atoms with Crippen LogP contribution in [0, 0.1) is 12.7 Å². The summed E-state index contributed by atoms with van der Waals surface area (Å²) in [7, 11) is 0. The van der Waals surface area contributed by atoms with E-state index < -0.39 is 0 Å². The molecule has 1 N–H and O–H groups in total. The molecule has 1 aliphatic rings. The van der Waals surface area contributed by atoms with Gasteiger partial charge >= 0.3 is 0 Å². The van der Waals surface area contributed by atoms with E-state index in [2.05, 4.69) is 30.3 Å². The average Bonchev–Trinajstić information content (AvgIpc) is 3.33. The number of aromatic nitrogens is 5. The third kappa shape index (κ3) is 6.46. The number of aromatic amines is 1. The maximum absolute atomic E-state index is 13.3. The predicted molar refractivity (Wildman–Crippen MR) is 139 cm³/mol. The van der Waals surface area contributed by atoms with Crippen molar-refractivity contribution in [3.8, 4) is 0 Å². The number of pyridine rings is 1. The van der Waals surface area contributed by atoms with Crippen LogP contribution in [0.25, 0.3) is 10.9 Å². The van der Waals surface area contributed by atoms with Crippen LogP contribution in [0.4, 0.5) is 4.39 Å². The second-order valence-corrected chi connectivity index (χ2v) is 9.56. The van der Waals surface area contributed by atoms with Crippen molar-refractivity contribution in [2.45, 2.75) is 33.0 Å². The van der Waals surface area contributed by atoms with Gasteiger partial charge in [0.25, 0.3) is 5.56 Å². The maximum Gasteiger partial charge on any atom is 0.252 e. The molecule has 0 amide bonds. The van der Waals surface area contributed by atoms with E-state index in [9.17, 15) is 9.18 Å². The van der Waals surface area contributed by atoms with E-state index in [4.69, 9.17) is 4.74 Å². The first-order chi connectivity index (χ1) is 18.0. The summed E-state index contributed by atoms with van der Waals surface area (Å²) in [5.41, 5.74) is 3.46. The van der Waals surface area contributed by atoms with Gasteiger partial charge < -0.3 is 9.72 Å². The lowest BCUT2D eigenvalue weighted by Crippen LogP contribution is -2.38. The van der Waals surface area contributed by atoms with Crippen molar-refractivity contribution >= 4 is 10.9 Å². The summed E-state index contributed by atoms with van der Waals surface area (Å²) < 4.78 is 20.5. The Bertz CT molecular complexity index is 1380.